The Labute approximate surface area is 116 Å². The molecule has 7 nitrogen and oxygen atoms in total. The molecular weight excluding hydrogens is 262 g/mol. The second-order valence-electron chi connectivity index (χ2n) is 4.42. The molecule has 0 unspecified atom stereocenters. The minimum absolute atomic E-state index is 0.0457. The smallest absolute Gasteiger partial charge is 0.293 e. The van der Waals surface area contributed by atoms with Crippen molar-refractivity contribution in [3.63, 3.8) is 0 Å². The molecule has 0 radical (unpaired) electrons. The van der Waals surface area contributed by atoms with Crippen LogP contribution in [0.15, 0.2) is 18.2 Å². The fourth-order valence-electron chi connectivity index (χ4n) is 2.15. The first-order valence-electron chi connectivity index (χ1n) is 6.52. The molecule has 0 bridgehead atoms. The molecule has 1 aromatic rings. The first-order chi connectivity index (χ1) is 9.63. The first kappa shape index (κ1) is 14.3. The Morgan fingerprint density at radius 3 is 2.75 bits per heavy atom. The number of nitrogens with zero attached hydrogens (tertiary/aromatic N) is 2. The van der Waals surface area contributed by atoms with Crippen molar-refractivity contribution in [2.24, 2.45) is 0 Å². The summed E-state index contributed by atoms with van der Waals surface area (Å²) in [6.07, 6.45) is 0. The summed E-state index contributed by atoms with van der Waals surface area (Å²) < 4.78 is 5.24. The maximum atomic E-state index is 11.7. The van der Waals surface area contributed by atoms with Crippen LogP contribution in [0.3, 0.4) is 0 Å². The van der Waals surface area contributed by atoms with Crippen LogP contribution in [0.2, 0.25) is 0 Å². The van der Waals surface area contributed by atoms with Gasteiger partial charge in [-0.3, -0.25) is 14.9 Å². The van der Waals surface area contributed by atoms with E-state index >= 15 is 0 Å². The fraction of sp³-hybridized carbons (Fsp3) is 0.462. The second-order valence-corrected chi connectivity index (χ2v) is 4.42. The summed E-state index contributed by atoms with van der Waals surface area (Å²) in [6.45, 7) is 4.61. The SMILES string of the molecule is CCNC(=O)c1ccc(N2CCOCC2)c([N+](=O)[O-])c1. The highest BCUT2D eigenvalue weighted by Gasteiger charge is 2.23. The molecular formula is C13H17N3O4. The highest BCUT2D eigenvalue weighted by Crippen LogP contribution is 2.29. The maximum Gasteiger partial charge on any atom is 0.293 e. The van der Waals surface area contributed by atoms with E-state index in [1.54, 1.807) is 19.1 Å². The molecule has 1 fully saturated rings. The van der Waals surface area contributed by atoms with Crippen molar-refractivity contribution in [2.45, 2.75) is 6.92 Å². The lowest BCUT2D eigenvalue weighted by molar-refractivity contribution is -0.384. The molecule has 1 aliphatic heterocycles. The summed E-state index contributed by atoms with van der Waals surface area (Å²) in [6, 6.07) is 4.58. The molecule has 1 amide bonds. The van der Waals surface area contributed by atoms with Crippen molar-refractivity contribution in [1.82, 2.24) is 5.32 Å². The van der Waals surface area contributed by atoms with Gasteiger partial charge in [0.25, 0.3) is 11.6 Å². The lowest BCUT2D eigenvalue weighted by Crippen LogP contribution is -2.36. The Hall–Kier alpha value is -2.15. The fourth-order valence-corrected chi connectivity index (χ4v) is 2.15. The molecule has 0 aliphatic carbocycles. The number of hydrogen-bond donors (Lipinski definition) is 1. The van der Waals surface area contributed by atoms with Crippen LogP contribution in [-0.2, 0) is 4.74 Å². The predicted octanol–water partition coefficient (Wildman–Crippen LogP) is 1.18. The molecule has 1 N–H and O–H groups in total. The Morgan fingerprint density at radius 1 is 1.45 bits per heavy atom. The average Bonchev–Trinajstić information content (AvgIpc) is 2.47. The number of nitro groups is 1. The van der Waals surface area contributed by atoms with Gasteiger partial charge in [0.15, 0.2) is 0 Å². The van der Waals surface area contributed by atoms with Crippen LogP contribution < -0.4 is 10.2 Å². The Morgan fingerprint density at radius 2 is 2.15 bits per heavy atom. The first-order valence-corrected chi connectivity index (χ1v) is 6.52. The van der Waals surface area contributed by atoms with Crippen molar-refractivity contribution >= 4 is 17.3 Å². The van der Waals surface area contributed by atoms with Gasteiger partial charge in [-0.05, 0) is 19.1 Å². The standard InChI is InChI=1S/C13H17N3O4/c1-2-14-13(17)10-3-4-11(12(9-10)16(18)19)15-5-7-20-8-6-15/h3-4,9H,2,5-8H2,1H3,(H,14,17). The molecule has 0 aromatic heterocycles. The number of benzene rings is 1. The van der Waals surface area contributed by atoms with Crippen molar-refractivity contribution in [3.05, 3.63) is 33.9 Å². The zero-order valence-corrected chi connectivity index (χ0v) is 11.3. The maximum absolute atomic E-state index is 11.7. The van der Waals surface area contributed by atoms with Crippen molar-refractivity contribution < 1.29 is 14.5 Å². The number of carbonyl (C=O) groups excluding carboxylic acids is 1. The van der Waals surface area contributed by atoms with E-state index in [0.29, 0.717) is 44.1 Å². The monoisotopic (exact) mass is 279 g/mol. The number of nitro benzene ring substituents is 1. The predicted molar refractivity (Wildman–Crippen MR) is 74.1 cm³/mol. The molecule has 1 aromatic carbocycles. The summed E-state index contributed by atoms with van der Waals surface area (Å²) >= 11 is 0. The lowest BCUT2D eigenvalue weighted by atomic mass is 10.1. The van der Waals surface area contributed by atoms with Gasteiger partial charge in [0.1, 0.15) is 5.69 Å². The molecule has 0 saturated carbocycles. The van der Waals surface area contributed by atoms with Crippen LogP contribution in [0.5, 0.6) is 0 Å². The van der Waals surface area contributed by atoms with E-state index in [1.807, 2.05) is 4.90 Å². The largest absolute Gasteiger partial charge is 0.378 e. The van der Waals surface area contributed by atoms with E-state index in [-0.39, 0.29) is 11.6 Å². The Kier molecular flexibility index (Phi) is 4.52. The third kappa shape index (κ3) is 3.05. The molecule has 1 aliphatic rings. The van der Waals surface area contributed by atoms with E-state index in [4.69, 9.17) is 4.74 Å². The zero-order valence-electron chi connectivity index (χ0n) is 11.3. The van der Waals surface area contributed by atoms with Gasteiger partial charge in [-0.1, -0.05) is 0 Å². The van der Waals surface area contributed by atoms with Gasteiger partial charge >= 0.3 is 0 Å². The molecule has 0 atom stereocenters. The van der Waals surface area contributed by atoms with Crippen LogP contribution >= 0.6 is 0 Å². The average molecular weight is 279 g/mol. The summed E-state index contributed by atoms with van der Waals surface area (Å²) in [5.74, 6) is -0.302. The van der Waals surface area contributed by atoms with Crippen molar-refractivity contribution in [3.8, 4) is 0 Å². The Balaban J connectivity index is 2.32. The van der Waals surface area contributed by atoms with E-state index in [2.05, 4.69) is 5.32 Å². The highest BCUT2D eigenvalue weighted by molar-refractivity contribution is 5.95. The number of amides is 1. The highest BCUT2D eigenvalue weighted by atomic mass is 16.6. The third-order valence-corrected chi connectivity index (χ3v) is 3.12. The Bertz CT molecular complexity index is 512. The topological polar surface area (TPSA) is 84.7 Å². The van der Waals surface area contributed by atoms with Gasteiger partial charge in [-0.2, -0.15) is 0 Å². The van der Waals surface area contributed by atoms with Gasteiger partial charge in [-0.15, -0.1) is 0 Å². The van der Waals surface area contributed by atoms with Gasteiger partial charge in [-0.25, -0.2) is 0 Å². The molecule has 20 heavy (non-hydrogen) atoms. The normalized spacial score (nSPS) is 14.9. The quantitative estimate of drug-likeness (QED) is 0.661. The van der Waals surface area contributed by atoms with E-state index in [0.717, 1.165) is 0 Å². The minimum Gasteiger partial charge on any atom is -0.378 e. The number of carbonyl (C=O) groups is 1. The lowest BCUT2D eigenvalue weighted by Gasteiger charge is -2.28. The van der Waals surface area contributed by atoms with Crippen LogP contribution in [0, 0.1) is 10.1 Å². The van der Waals surface area contributed by atoms with Crippen LogP contribution in [0.4, 0.5) is 11.4 Å². The minimum atomic E-state index is -0.451. The number of nitrogens with one attached hydrogen (secondary N) is 1. The van der Waals surface area contributed by atoms with E-state index in [1.165, 1.54) is 6.07 Å². The summed E-state index contributed by atoms with van der Waals surface area (Å²) in [7, 11) is 0. The third-order valence-electron chi connectivity index (χ3n) is 3.12. The number of anilines is 1. The number of hydrogen-bond acceptors (Lipinski definition) is 5. The summed E-state index contributed by atoms with van der Waals surface area (Å²) in [5.41, 5.74) is 0.789. The van der Waals surface area contributed by atoms with Crippen LogP contribution in [0.25, 0.3) is 0 Å². The van der Waals surface area contributed by atoms with Crippen molar-refractivity contribution in [1.29, 1.82) is 0 Å². The van der Waals surface area contributed by atoms with Crippen molar-refractivity contribution in [2.75, 3.05) is 37.7 Å². The summed E-state index contributed by atoms with van der Waals surface area (Å²) in [5, 5.41) is 13.8. The van der Waals surface area contributed by atoms with Gasteiger partial charge in [0.2, 0.25) is 0 Å². The molecule has 1 saturated heterocycles. The van der Waals surface area contributed by atoms with Crippen LogP contribution in [-0.4, -0.2) is 43.7 Å². The number of ether oxygens (including phenoxy) is 1. The number of morpholine rings is 1. The van der Waals surface area contributed by atoms with E-state index in [9.17, 15) is 14.9 Å². The molecule has 2 rings (SSSR count). The molecule has 1 heterocycles. The number of rotatable bonds is 4. The van der Waals surface area contributed by atoms with Gasteiger partial charge < -0.3 is 15.0 Å². The molecule has 108 valence electrons. The van der Waals surface area contributed by atoms with Gasteiger partial charge in [0.05, 0.1) is 18.1 Å². The van der Waals surface area contributed by atoms with Crippen LogP contribution in [0.1, 0.15) is 17.3 Å². The molecule has 0 spiro atoms. The summed E-state index contributed by atoms with van der Waals surface area (Å²) in [4.78, 5) is 24.4. The van der Waals surface area contributed by atoms with Gasteiger partial charge in [0, 0.05) is 31.3 Å². The van der Waals surface area contributed by atoms with E-state index < -0.39 is 4.92 Å². The second kappa shape index (κ2) is 6.33. The zero-order chi connectivity index (χ0) is 14.5. The molecule has 7 heteroatoms.